The molecule has 0 aliphatic heterocycles. The lowest BCUT2D eigenvalue weighted by Gasteiger charge is -2.36. The Labute approximate surface area is 108 Å². The van der Waals surface area contributed by atoms with Crippen molar-refractivity contribution in [1.29, 1.82) is 0 Å². The Morgan fingerprint density at radius 2 is 2.12 bits per heavy atom. The van der Waals surface area contributed by atoms with Gasteiger partial charge in [0.2, 0.25) is 0 Å². The molecule has 0 aromatic heterocycles. The Morgan fingerprint density at radius 3 is 2.65 bits per heavy atom. The van der Waals surface area contributed by atoms with Gasteiger partial charge in [-0.1, -0.05) is 15.9 Å². The number of anilines is 1. The maximum absolute atomic E-state index is 13.7. The van der Waals surface area contributed by atoms with Crippen LogP contribution in [0.1, 0.15) is 20.3 Å². The standard InChI is InChI=1S/C12H15BrFNO2/c1-12(2,7-11(16)17)15(3)10-6-8(13)4-5-9(10)14/h4-6H,7H2,1-3H3,(H,16,17). The molecule has 0 bridgehead atoms. The normalized spacial score (nSPS) is 11.4. The molecule has 0 aliphatic rings. The van der Waals surface area contributed by atoms with Gasteiger partial charge >= 0.3 is 5.97 Å². The first kappa shape index (κ1) is 14.0. The van der Waals surface area contributed by atoms with E-state index in [1.165, 1.54) is 6.07 Å². The average molecular weight is 304 g/mol. The number of halogens is 2. The Kier molecular flexibility index (Phi) is 4.14. The smallest absolute Gasteiger partial charge is 0.305 e. The Balaban J connectivity index is 3.06. The molecule has 0 saturated carbocycles. The maximum atomic E-state index is 13.7. The number of carbonyl (C=O) groups is 1. The number of hydrogen-bond donors (Lipinski definition) is 1. The molecule has 0 atom stereocenters. The number of rotatable bonds is 4. The number of carboxylic acid groups (broad SMARTS) is 1. The largest absolute Gasteiger partial charge is 0.481 e. The van der Waals surface area contributed by atoms with Gasteiger partial charge < -0.3 is 10.0 Å². The van der Waals surface area contributed by atoms with Crippen LogP contribution in [-0.2, 0) is 4.79 Å². The summed E-state index contributed by atoms with van der Waals surface area (Å²) in [5, 5.41) is 8.84. The van der Waals surface area contributed by atoms with Crippen molar-refractivity contribution in [2.45, 2.75) is 25.8 Å². The van der Waals surface area contributed by atoms with Crippen molar-refractivity contribution in [3.8, 4) is 0 Å². The predicted molar refractivity (Wildman–Crippen MR) is 68.8 cm³/mol. The van der Waals surface area contributed by atoms with Crippen molar-refractivity contribution < 1.29 is 14.3 Å². The van der Waals surface area contributed by atoms with Crippen LogP contribution in [0.15, 0.2) is 22.7 Å². The molecule has 1 rings (SSSR count). The number of aliphatic carboxylic acids is 1. The van der Waals surface area contributed by atoms with E-state index in [-0.39, 0.29) is 12.2 Å². The molecule has 17 heavy (non-hydrogen) atoms. The van der Waals surface area contributed by atoms with Crippen molar-refractivity contribution in [2.75, 3.05) is 11.9 Å². The quantitative estimate of drug-likeness (QED) is 0.928. The minimum Gasteiger partial charge on any atom is -0.481 e. The van der Waals surface area contributed by atoms with Gasteiger partial charge in [0.15, 0.2) is 0 Å². The molecule has 0 unspecified atom stereocenters. The van der Waals surface area contributed by atoms with Crippen molar-refractivity contribution in [2.24, 2.45) is 0 Å². The van der Waals surface area contributed by atoms with Gasteiger partial charge in [-0.25, -0.2) is 4.39 Å². The Hall–Kier alpha value is -1.10. The van der Waals surface area contributed by atoms with Gasteiger partial charge in [-0.05, 0) is 32.0 Å². The molecule has 0 spiro atoms. The van der Waals surface area contributed by atoms with Crippen LogP contribution in [-0.4, -0.2) is 23.7 Å². The van der Waals surface area contributed by atoms with E-state index in [1.807, 2.05) is 0 Å². The molecule has 5 heteroatoms. The van der Waals surface area contributed by atoms with Gasteiger partial charge in [0, 0.05) is 17.1 Å². The van der Waals surface area contributed by atoms with E-state index in [2.05, 4.69) is 15.9 Å². The topological polar surface area (TPSA) is 40.5 Å². The highest BCUT2D eigenvalue weighted by Gasteiger charge is 2.28. The molecular formula is C12H15BrFNO2. The second-order valence-corrected chi connectivity index (χ2v) is 5.45. The molecule has 1 aromatic rings. The van der Waals surface area contributed by atoms with Crippen LogP contribution in [0.3, 0.4) is 0 Å². The fourth-order valence-corrected chi connectivity index (χ4v) is 1.91. The molecule has 0 amide bonds. The average Bonchev–Trinajstić information content (AvgIpc) is 2.18. The molecule has 94 valence electrons. The van der Waals surface area contributed by atoms with Gasteiger partial charge in [-0.3, -0.25) is 4.79 Å². The van der Waals surface area contributed by atoms with Crippen molar-refractivity contribution in [1.82, 2.24) is 0 Å². The molecule has 0 radical (unpaired) electrons. The van der Waals surface area contributed by atoms with Crippen molar-refractivity contribution in [3.63, 3.8) is 0 Å². The van der Waals surface area contributed by atoms with Crippen LogP contribution in [0.25, 0.3) is 0 Å². The monoisotopic (exact) mass is 303 g/mol. The molecule has 0 fully saturated rings. The van der Waals surface area contributed by atoms with Crippen LogP contribution in [0, 0.1) is 5.82 Å². The van der Waals surface area contributed by atoms with Gasteiger partial charge in [0.05, 0.1) is 12.1 Å². The lowest BCUT2D eigenvalue weighted by molar-refractivity contribution is -0.138. The number of benzene rings is 1. The summed E-state index contributed by atoms with van der Waals surface area (Å²) >= 11 is 3.27. The highest BCUT2D eigenvalue weighted by atomic mass is 79.9. The Bertz CT molecular complexity index is 435. The molecule has 0 aliphatic carbocycles. The van der Waals surface area contributed by atoms with Crippen LogP contribution >= 0.6 is 15.9 Å². The summed E-state index contributed by atoms with van der Waals surface area (Å²) in [6.07, 6.45) is -0.0601. The second-order valence-electron chi connectivity index (χ2n) is 4.54. The lowest BCUT2D eigenvalue weighted by atomic mass is 9.98. The lowest BCUT2D eigenvalue weighted by Crippen LogP contribution is -2.43. The van der Waals surface area contributed by atoms with Crippen LogP contribution in [0.4, 0.5) is 10.1 Å². The molecule has 1 aromatic carbocycles. The fraction of sp³-hybridized carbons (Fsp3) is 0.417. The zero-order valence-electron chi connectivity index (χ0n) is 10.00. The van der Waals surface area contributed by atoms with E-state index < -0.39 is 11.5 Å². The minimum atomic E-state index is -0.905. The van der Waals surface area contributed by atoms with E-state index in [0.717, 1.165) is 4.47 Å². The zero-order chi connectivity index (χ0) is 13.2. The highest BCUT2D eigenvalue weighted by Crippen LogP contribution is 2.29. The van der Waals surface area contributed by atoms with Crippen LogP contribution in [0.2, 0.25) is 0 Å². The summed E-state index contributed by atoms with van der Waals surface area (Å²) in [6.45, 7) is 3.53. The number of nitrogens with zero attached hydrogens (tertiary/aromatic N) is 1. The number of carboxylic acids is 1. The third-order valence-electron chi connectivity index (χ3n) is 2.76. The first-order chi connectivity index (χ1) is 7.74. The summed E-state index contributed by atoms with van der Waals surface area (Å²) in [4.78, 5) is 12.4. The van der Waals surface area contributed by atoms with E-state index in [9.17, 15) is 9.18 Å². The van der Waals surface area contributed by atoms with E-state index in [4.69, 9.17) is 5.11 Å². The zero-order valence-corrected chi connectivity index (χ0v) is 11.6. The summed E-state index contributed by atoms with van der Waals surface area (Å²) in [5.74, 6) is -1.27. The van der Waals surface area contributed by atoms with Crippen molar-refractivity contribution in [3.05, 3.63) is 28.5 Å². The van der Waals surface area contributed by atoms with Crippen molar-refractivity contribution >= 4 is 27.6 Å². The predicted octanol–water partition coefficient (Wildman–Crippen LogP) is 3.28. The first-order valence-electron chi connectivity index (χ1n) is 5.15. The molecule has 3 nitrogen and oxygen atoms in total. The summed E-state index contributed by atoms with van der Waals surface area (Å²) < 4.78 is 14.4. The summed E-state index contributed by atoms with van der Waals surface area (Å²) in [7, 11) is 1.69. The first-order valence-corrected chi connectivity index (χ1v) is 5.94. The van der Waals surface area contributed by atoms with E-state index in [0.29, 0.717) is 5.69 Å². The molecular weight excluding hydrogens is 289 g/mol. The third-order valence-corrected chi connectivity index (χ3v) is 3.25. The molecule has 1 N–H and O–H groups in total. The van der Waals surface area contributed by atoms with Crippen LogP contribution < -0.4 is 4.90 Å². The second kappa shape index (κ2) is 5.04. The summed E-state index contributed by atoms with van der Waals surface area (Å²) in [6, 6.07) is 4.60. The van der Waals surface area contributed by atoms with E-state index >= 15 is 0 Å². The molecule has 0 heterocycles. The Morgan fingerprint density at radius 1 is 1.53 bits per heavy atom. The van der Waals surface area contributed by atoms with Crippen LogP contribution in [0.5, 0.6) is 0 Å². The fourth-order valence-electron chi connectivity index (χ4n) is 1.56. The van der Waals surface area contributed by atoms with Gasteiger partial charge in [-0.15, -0.1) is 0 Å². The summed E-state index contributed by atoms with van der Waals surface area (Å²) in [5.41, 5.74) is -0.279. The third kappa shape index (κ3) is 3.43. The minimum absolute atomic E-state index is 0.0601. The van der Waals surface area contributed by atoms with Gasteiger partial charge in [0.25, 0.3) is 0 Å². The highest BCUT2D eigenvalue weighted by molar-refractivity contribution is 9.10. The van der Waals surface area contributed by atoms with Gasteiger partial charge in [-0.2, -0.15) is 0 Å². The maximum Gasteiger partial charge on any atom is 0.305 e. The SMILES string of the molecule is CN(c1cc(Br)ccc1F)C(C)(C)CC(=O)O. The van der Waals surface area contributed by atoms with E-state index in [1.54, 1.807) is 37.9 Å². The number of hydrogen-bond acceptors (Lipinski definition) is 2. The molecule has 0 saturated heterocycles. The van der Waals surface area contributed by atoms with Gasteiger partial charge in [0.1, 0.15) is 5.82 Å².